The Kier molecular flexibility index (Phi) is 21.2. The molecule has 0 aromatic heterocycles. The molecule has 0 aliphatic rings. The number of unbranched alkanes of at least 4 members (excludes halogenated alkanes) is 8. The molecule has 0 rings (SSSR count). The molecule has 0 heterocycles. The molecule has 0 radical (unpaired) electrons. The summed E-state index contributed by atoms with van der Waals surface area (Å²) in [5.74, 6) is 0.251. The summed E-state index contributed by atoms with van der Waals surface area (Å²) in [6.45, 7) is 14.7. The number of quaternary nitrogens is 1. The molecule has 30 heavy (non-hydrogen) atoms. The number of carbonyl (C=O) groups excluding carboxylic acids is 1. The molecule has 0 atom stereocenters. The largest absolute Gasteiger partial charge is 0.726 e. The third-order valence-electron chi connectivity index (χ3n) is 5.86. The zero-order chi connectivity index (χ0) is 23.3. The van der Waals surface area contributed by atoms with E-state index in [1.165, 1.54) is 82.0 Å². The fraction of sp³-hybridized carbons (Fsp3) is 0.955. The number of nitrogens with zero attached hydrogens (tertiary/aromatic N) is 1. The molecule has 182 valence electrons. The fourth-order valence-corrected chi connectivity index (χ4v) is 3.47. The van der Waals surface area contributed by atoms with Gasteiger partial charge in [0.25, 0.3) is 0 Å². The fourth-order valence-electron chi connectivity index (χ4n) is 3.47. The van der Waals surface area contributed by atoms with E-state index in [4.69, 9.17) is 0 Å². The first-order valence-corrected chi connectivity index (χ1v) is 13.2. The molecule has 0 fully saturated rings. The smallest absolute Gasteiger partial charge is 0.219 e. The van der Waals surface area contributed by atoms with E-state index in [0.717, 1.165) is 26.5 Å². The predicted molar refractivity (Wildman–Crippen MR) is 123 cm³/mol. The van der Waals surface area contributed by atoms with Crippen molar-refractivity contribution in [2.24, 2.45) is 0 Å². The van der Waals surface area contributed by atoms with Crippen LogP contribution in [-0.4, -0.2) is 63.2 Å². The van der Waals surface area contributed by atoms with Gasteiger partial charge in [0.1, 0.15) is 0 Å². The van der Waals surface area contributed by atoms with E-state index in [0.29, 0.717) is 6.42 Å². The molecule has 0 aromatic carbocycles. The first kappa shape index (κ1) is 31.5. The number of hydrogen-bond donors (Lipinski definition) is 1. The van der Waals surface area contributed by atoms with Crippen molar-refractivity contribution in [2.75, 3.05) is 39.8 Å². The lowest BCUT2D eigenvalue weighted by molar-refractivity contribution is -0.923. The van der Waals surface area contributed by atoms with Gasteiger partial charge in [0, 0.05) is 19.4 Å². The minimum absolute atomic E-state index is 0.251. The second-order valence-electron chi connectivity index (χ2n) is 7.87. The summed E-state index contributed by atoms with van der Waals surface area (Å²) in [7, 11) is -3.60. The molecule has 0 aliphatic carbocycles. The standard InChI is InChI=1S/C21H44N2O.CH4O4S/c1-5-9-10-11-12-13-14-15-16-18-21(24)22-19-17-20-23(6-2,7-3)8-4;1-5-6(2,3)4/h5-20H2,1-4H3;1H3,(H,2,3,4). The van der Waals surface area contributed by atoms with Crippen LogP contribution in [-0.2, 0) is 19.4 Å². The SMILES string of the molecule is CCCCCCCCCCCC(=O)NCCC[N+](CC)(CC)CC.COS(=O)(=O)[O-]. The highest BCUT2D eigenvalue weighted by molar-refractivity contribution is 7.80. The first-order chi connectivity index (χ1) is 14.2. The van der Waals surface area contributed by atoms with Gasteiger partial charge in [0.15, 0.2) is 0 Å². The van der Waals surface area contributed by atoms with Crippen LogP contribution in [0, 0.1) is 0 Å². The molecular formula is C22H48N2O5S. The number of nitrogens with one attached hydrogen (secondary N) is 1. The zero-order valence-electron chi connectivity index (χ0n) is 20.2. The summed E-state index contributed by atoms with van der Waals surface area (Å²) in [4.78, 5) is 11.9. The lowest BCUT2D eigenvalue weighted by atomic mass is 10.1. The minimum Gasteiger partial charge on any atom is -0.726 e. The minimum atomic E-state index is -4.41. The highest BCUT2D eigenvalue weighted by Crippen LogP contribution is 2.10. The quantitative estimate of drug-likeness (QED) is 0.144. The molecule has 1 N–H and O–H groups in total. The average molecular weight is 453 g/mol. The zero-order valence-corrected chi connectivity index (χ0v) is 21.0. The summed E-state index contributed by atoms with van der Waals surface area (Å²) >= 11 is 0. The molecule has 8 heteroatoms. The van der Waals surface area contributed by atoms with Crippen molar-refractivity contribution in [3.05, 3.63) is 0 Å². The Bertz CT molecular complexity index is 485. The molecule has 0 aliphatic heterocycles. The summed E-state index contributed by atoms with van der Waals surface area (Å²) in [5, 5.41) is 3.10. The van der Waals surface area contributed by atoms with Crippen LogP contribution < -0.4 is 5.32 Å². The van der Waals surface area contributed by atoms with Gasteiger partial charge in [-0.1, -0.05) is 58.3 Å². The van der Waals surface area contributed by atoms with Gasteiger partial charge in [-0.25, -0.2) is 8.42 Å². The van der Waals surface area contributed by atoms with Crippen molar-refractivity contribution in [3.8, 4) is 0 Å². The van der Waals surface area contributed by atoms with Crippen LogP contribution in [0.3, 0.4) is 0 Å². The van der Waals surface area contributed by atoms with Crippen molar-refractivity contribution in [3.63, 3.8) is 0 Å². The second kappa shape index (κ2) is 20.2. The van der Waals surface area contributed by atoms with Gasteiger partial charge >= 0.3 is 0 Å². The van der Waals surface area contributed by atoms with Gasteiger partial charge in [-0.2, -0.15) is 0 Å². The van der Waals surface area contributed by atoms with E-state index in [1.807, 2.05) is 0 Å². The molecule has 0 saturated heterocycles. The highest BCUT2D eigenvalue weighted by atomic mass is 32.3. The van der Waals surface area contributed by atoms with Crippen LogP contribution in [0.2, 0.25) is 0 Å². The van der Waals surface area contributed by atoms with Crippen LogP contribution in [0.25, 0.3) is 0 Å². The number of rotatable bonds is 18. The summed E-state index contributed by atoms with van der Waals surface area (Å²) < 4.78 is 32.2. The third kappa shape index (κ3) is 20.6. The van der Waals surface area contributed by atoms with E-state index in [1.54, 1.807) is 0 Å². The Morgan fingerprint density at radius 3 is 1.67 bits per heavy atom. The van der Waals surface area contributed by atoms with Crippen molar-refractivity contribution in [1.29, 1.82) is 0 Å². The van der Waals surface area contributed by atoms with Crippen LogP contribution in [0.1, 0.15) is 98.3 Å². The summed E-state index contributed by atoms with van der Waals surface area (Å²) in [6.07, 6.45) is 13.6. The van der Waals surface area contributed by atoms with Gasteiger partial charge in [0.2, 0.25) is 16.3 Å². The van der Waals surface area contributed by atoms with Crippen molar-refractivity contribution >= 4 is 16.3 Å². The van der Waals surface area contributed by atoms with Gasteiger partial charge < -0.3 is 14.4 Å². The molecule has 0 bridgehead atoms. The third-order valence-corrected chi connectivity index (χ3v) is 6.26. The van der Waals surface area contributed by atoms with Gasteiger partial charge in [-0.3, -0.25) is 8.98 Å². The second-order valence-corrected chi connectivity index (χ2v) is 9.02. The number of hydrogen-bond acceptors (Lipinski definition) is 5. The molecule has 7 nitrogen and oxygen atoms in total. The van der Waals surface area contributed by atoms with E-state index >= 15 is 0 Å². The van der Waals surface area contributed by atoms with E-state index < -0.39 is 10.4 Å². The van der Waals surface area contributed by atoms with E-state index in [9.17, 15) is 17.8 Å². The molecular weight excluding hydrogens is 404 g/mol. The maximum atomic E-state index is 11.9. The Morgan fingerprint density at radius 2 is 1.27 bits per heavy atom. The van der Waals surface area contributed by atoms with Crippen LogP contribution in [0.5, 0.6) is 0 Å². The maximum absolute atomic E-state index is 11.9. The monoisotopic (exact) mass is 452 g/mol. The van der Waals surface area contributed by atoms with Crippen LogP contribution >= 0.6 is 0 Å². The lowest BCUT2D eigenvalue weighted by Gasteiger charge is -2.35. The summed E-state index contributed by atoms with van der Waals surface area (Å²) in [6, 6.07) is 0. The average Bonchev–Trinajstić information content (AvgIpc) is 2.73. The molecule has 0 spiro atoms. The highest BCUT2D eigenvalue weighted by Gasteiger charge is 2.19. The maximum Gasteiger partial charge on any atom is 0.219 e. The normalized spacial score (nSPS) is 11.7. The van der Waals surface area contributed by atoms with Crippen molar-refractivity contribution in [2.45, 2.75) is 98.3 Å². The molecule has 0 saturated carbocycles. The predicted octanol–water partition coefficient (Wildman–Crippen LogP) is 4.38. The molecule has 0 unspecified atom stereocenters. The number of carbonyl (C=O) groups is 1. The first-order valence-electron chi connectivity index (χ1n) is 11.8. The van der Waals surface area contributed by atoms with Gasteiger partial charge in [-0.15, -0.1) is 0 Å². The van der Waals surface area contributed by atoms with Gasteiger partial charge in [-0.05, 0) is 27.2 Å². The summed E-state index contributed by atoms with van der Waals surface area (Å²) in [5.41, 5.74) is 0. The van der Waals surface area contributed by atoms with Gasteiger partial charge in [0.05, 0.1) is 33.3 Å². The molecule has 0 aromatic rings. The van der Waals surface area contributed by atoms with Crippen molar-refractivity contribution in [1.82, 2.24) is 5.32 Å². The Hall–Kier alpha value is -0.700. The Balaban J connectivity index is 0. The van der Waals surface area contributed by atoms with Crippen LogP contribution in [0.15, 0.2) is 0 Å². The lowest BCUT2D eigenvalue weighted by Crippen LogP contribution is -2.48. The van der Waals surface area contributed by atoms with E-state index in [-0.39, 0.29) is 5.91 Å². The van der Waals surface area contributed by atoms with E-state index in [2.05, 4.69) is 37.2 Å². The topological polar surface area (TPSA) is 95.5 Å². The molecule has 1 amide bonds. The number of amides is 1. The Labute approximate surface area is 186 Å². The van der Waals surface area contributed by atoms with Crippen molar-refractivity contribution < 1.29 is 26.4 Å². The van der Waals surface area contributed by atoms with Crippen LogP contribution in [0.4, 0.5) is 0 Å². The Morgan fingerprint density at radius 1 is 0.833 bits per heavy atom.